The maximum atomic E-state index is 12.7. The Morgan fingerprint density at radius 1 is 1.09 bits per heavy atom. The van der Waals surface area contributed by atoms with E-state index in [0.717, 1.165) is 33.2 Å². The lowest BCUT2D eigenvalue weighted by molar-refractivity contribution is -0.111. The number of anilines is 1. The van der Waals surface area contributed by atoms with Crippen molar-refractivity contribution in [1.82, 2.24) is 0 Å². The lowest BCUT2D eigenvalue weighted by Crippen LogP contribution is -2.12. The van der Waals surface area contributed by atoms with Gasteiger partial charge in [0.2, 0.25) is 15.9 Å². The van der Waals surface area contributed by atoms with Gasteiger partial charge in [-0.15, -0.1) is 0 Å². The van der Waals surface area contributed by atoms with Crippen LogP contribution in [0.1, 0.15) is 18.1 Å². The van der Waals surface area contributed by atoms with Gasteiger partial charge in [-0.3, -0.25) is 4.79 Å². The summed E-state index contributed by atoms with van der Waals surface area (Å²) in [7, 11) is -2.22. The first kappa shape index (κ1) is 23.3. The summed E-state index contributed by atoms with van der Waals surface area (Å²) >= 11 is 0. The number of fused-ring (bicyclic) bond motifs is 1. The van der Waals surface area contributed by atoms with Crippen LogP contribution in [0.4, 0.5) is 5.69 Å². The fourth-order valence-corrected chi connectivity index (χ4v) is 4.41. The summed E-state index contributed by atoms with van der Waals surface area (Å²) in [5.74, 6) is 0.261. The number of hydrogen-bond donors (Lipinski definition) is 2. The molecule has 174 valence electrons. The Hall–Kier alpha value is -3.88. The summed E-state index contributed by atoms with van der Waals surface area (Å²) in [5, 5.41) is 8.77. The molecule has 0 saturated carbocycles. The fraction of sp³-hybridized carbons (Fsp3) is 0.115. The minimum atomic E-state index is -3.80. The van der Waals surface area contributed by atoms with E-state index in [1.54, 1.807) is 13.4 Å². The summed E-state index contributed by atoms with van der Waals surface area (Å²) in [6, 6.07) is 17.5. The summed E-state index contributed by atoms with van der Waals surface area (Å²) < 4.78 is 34.4. The van der Waals surface area contributed by atoms with Gasteiger partial charge >= 0.3 is 0 Å². The van der Waals surface area contributed by atoms with E-state index in [9.17, 15) is 13.2 Å². The molecule has 0 unspecified atom stereocenters. The van der Waals surface area contributed by atoms with Crippen LogP contribution in [0.25, 0.3) is 27.7 Å². The largest absolute Gasteiger partial charge is 0.496 e. The molecule has 1 heterocycles. The van der Waals surface area contributed by atoms with Gasteiger partial charge in [0.25, 0.3) is 0 Å². The third kappa shape index (κ3) is 4.59. The Morgan fingerprint density at radius 3 is 2.38 bits per heavy atom. The number of rotatable bonds is 6. The van der Waals surface area contributed by atoms with Crippen LogP contribution < -0.4 is 15.2 Å². The number of methoxy groups -OCH3 is 1. The number of allylic oxidation sites excluding steroid dienone is 1. The number of primary sulfonamides is 1. The van der Waals surface area contributed by atoms with Crippen molar-refractivity contribution in [2.45, 2.75) is 18.7 Å². The summed E-state index contributed by atoms with van der Waals surface area (Å²) in [6.07, 6.45) is 3.20. The van der Waals surface area contributed by atoms with Crippen LogP contribution in [0, 0.1) is 6.92 Å². The number of sulfonamides is 1. The second-order valence-corrected chi connectivity index (χ2v) is 9.42. The van der Waals surface area contributed by atoms with Gasteiger partial charge in [0.1, 0.15) is 11.3 Å². The van der Waals surface area contributed by atoms with Gasteiger partial charge in [0, 0.05) is 33.8 Å². The van der Waals surface area contributed by atoms with Gasteiger partial charge in [-0.1, -0.05) is 30.3 Å². The molecule has 4 aromatic rings. The first-order valence-electron chi connectivity index (χ1n) is 10.5. The van der Waals surface area contributed by atoms with Crippen LogP contribution in [0.5, 0.6) is 5.75 Å². The zero-order chi connectivity index (χ0) is 24.5. The standard InChI is InChI=1S/C26H24N2O5S/c1-16(13-24(29)28-19-9-11-20(12-10-19)34(27,30)31)21-14-22-23(18-7-5-4-6-8-18)15-33-26(22)17(2)25(21)32-3/h4-15H,1-3H3,(H,28,29)(H2,27,30,31)/b16-13+. The maximum absolute atomic E-state index is 12.7. The predicted molar refractivity (Wildman–Crippen MR) is 133 cm³/mol. The van der Waals surface area contributed by atoms with E-state index in [1.165, 1.54) is 30.3 Å². The lowest BCUT2D eigenvalue weighted by Gasteiger charge is -2.13. The van der Waals surface area contributed by atoms with Gasteiger partial charge in [-0.05, 0) is 55.3 Å². The second-order valence-electron chi connectivity index (χ2n) is 7.86. The second kappa shape index (κ2) is 9.17. The third-order valence-corrected chi connectivity index (χ3v) is 6.48. The van der Waals surface area contributed by atoms with Gasteiger partial charge in [0.05, 0.1) is 18.3 Å². The molecule has 3 N–H and O–H groups in total. The predicted octanol–water partition coefficient (Wildman–Crippen LogP) is 5.11. The first-order chi connectivity index (χ1) is 16.2. The molecule has 4 rings (SSSR count). The van der Waals surface area contributed by atoms with E-state index in [4.69, 9.17) is 14.3 Å². The molecule has 8 heteroatoms. The zero-order valence-corrected chi connectivity index (χ0v) is 19.8. The molecule has 0 atom stereocenters. The van der Waals surface area contributed by atoms with Crippen LogP contribution in [0.3, 0.4) is 0 Å². The van der Waals surface area contributed by atoms with Gasteiger partial charge < -0.3 is 14.5 Å². The van der Waals surface area contributed by atoms with E-state index in [-0.39, 0.29) is 10.8 Å². The van der Waals surface area contributed by atoms with E-state index in [1.807, 2.05) is 50.2 Å². The number of carbonyl (C=O) groups is 1. The molecular weight excluding hydrogens is 452 g/mol. The number of nitrogens with two attached hydrogens (primary N) is 1. The number of hydrogen-bond acceptors (Lipinski definition) is 5. The molecular formula is C26H24N2O5S. The Balaban J connectivity index is 1.69. The Bertz CT molecular complexity index is 1500. The molecule has 0 aliphatic carbocycles. The molecule has 7 nitrogen and oxygen atoms in total. The fourth-order valence-electron chi connectivity index (χ4n) is 3.89. The number of benzene rings is 3. The average molecular weight is 477 g/mol. The highest BCUT2D eigenvalue weighted by Gasteiger charge is 2.19. The van der Waals surface area contributed by atoms with Crippen molar-refractivity contribution in [1.29, 1.82) is 0 Å². The smallest absolute Gasteiger partial charge is 0.248 e. The minimum absolute atomic E-state index is 0.0277. The van der Waals surface area contributed by atoms with Crippen molar-refractivity contribution in [3.05, 3.63) is 84.1 Å². The van der Waals surface area contributed by atoms with Crippen molar-refractivity contribution < 1.29 is 22.4 Å². The number of furan rings is 1. The van der Waals surface area contributed by atoms with Gasteiger partial charge in [-0.2, -0.15) is 0 Å². The highest BCUT2D eigenvalue weighted by Crippen LogP contribution is 2.40. The summed E-state index contributed by atoms with van der Waals surface area (Å²) in [5.41, 5.74) is 5.46. The molecule has 0 radical (unpaired) electrons. The monoisotopic (exact) mass is 476 g/mol. The number of amides is 1. The van der Waals surface area contributed by atoms with Crippen molar-refractivity contribution in [3.63, 3.8) is 0 Å². The van der Waals surface area contributed by atoms with Crippen LogP contribution in [-0.2, 0) is 14.8 Å². The van der Waals surface area contributed by atoms with Crippen molar-refractivity contribution >= 4 is 38.2 Å². The molecule has 0 bridgehead atoms. The van der Waals surface area contributed by atoms with Crippen LogP contribution in [0.15, 0.2) is 82.3 Å². The van der Waals surface area contributed by atoms with E-state index >= 15 is 0 Å². The summed E-state index contributed by atoms with van der Waals surface area (Å²) in [4.78, 5) is 12.6. The Labute approximate surface area is 197 Å². The van der Waals surface area contributed by atoms with Crippen molar-refractivity contribution in [2.24, 2.45) is 5.14 Å². The third-order valence-electron chi connectivity index (χ3n) is 5.56. The molecule has 0 fully saturated rings. The first-order valence-corrected chi connectivity index (χ1v) is 12.0. The molecule has 0 spiro atoms. The van der Waals surface area contributed by atoms with Gasteiger partial charge in [-0.25, -0.2) is 13.6 Å². The van der Waals surface area contributed by atoms with Crippen LogP contribution in [-0.4, -0.2) is 21.4 Å². The highest BCUT2D eigenvalue weighted by molar-refractivity contribution is 7.89. The van der Waals surface area contributed by atoms with Crippen LogP contribution in [0.2, 0.25) is 0 Å². The number of nitrogens with one attached hydrogen (secondary N) is 1. The van der Waals surface area contributed by atoms with Gasteiger partial charge in [0.15, 0.2) is 0 Å². The lowest BCUT2D eigenvalue weighted by atomic mass is 9.96. The quantitative estimate of drug-likeness (QED) is 0.376. The average Bonchev–Trinajstić information content (AvgIpc) is 3.23. The molecule has 0 aliphatic rings. The number of carbonyl (C=O) groups excluding carboxylic acids is 1. The van der Waals surface area contributed by atoms with E-state index in [0.29, 0.717) is 17.0 Å². The molecule has 0 saturated heterocycles. The zero-order valence-electron chi connectivity index (χ0n) is 19.0. The van der Waals surface area contributed by atoms with Crippen molar-refractivity contribution in [3.8, 4) is 16.9 Å². The number of aryl methyl sites for hydroxylation is 1. The molecule has 3 aromatic carbocycles. The van der Waals surface area contributed by atoms with Crippen LogP contribution >= 0.6 is 0 Å². The topological polar surface area (TPSA) is 112 Å². The van der Waals surface area contributed by atoms with Crippen molar-refractivity contribution in [2.75, 3.05) is 12.4 Å². The molecule has 34 heavy (non-hydrogen) atoms. The van der Waals surface area contributed by atoms with E-state index < -0.39 is 10.0 Å². The number of ether oxygens (including phenoxy) is 1. The van der Waals surface area contributed by atoms with E-state index in [2.05, 4.69) is 5.32 Å². The highest BCUT2D eigenvalue weighted by atomic mass is 32.2. The molecule has 0 aliphatic heterocycles. The Kier molecular flexibility index (Phi) is 6.28. The molecule has 1 aromatic heterocycles. The SMILES string of the molecule is COc1c(/C(C)=C/C(=O)Nc2ccc(S(N)(=O)=O)cc2)cc2c(-c3ccccc3)coc2c1C. The molecule has 1 amide bonds. The Morgan fingerprint density at radius 2 is 1.76 bits per heavy atom. The normalized spacial score (nSPS) is 12.1. The maximum Gasteiger partial charge on any atom is 0.248 e. The minimum Gasteiger partial charge on any atom is -0.496 e. The summed E-state index contributed by atoms with van der Waals surface area (Å²) in [6.45, 7) is 3.75.